The number of pyridine rings is 1. The number of hydrogen-bond acceptors (Lipinski definition) is 2. The van der Waals surface area contributed by atoms with Crippen molar-refractivity contribution >= 4 is 15.9 Å². The zero-order valence-electron chi connectivity index (χ0n) is 8.41. The normalized spacial score (nSPS) is 22.9. The van der Waals surface area contributed by atoms with E-state index in [-0.39, 0.29) is 0 Å². The van der Waals surface area contributed by atoms with Gasteiger partial charge in [-0.3, -0.25) is 4.90 Å². The van der Waals surface area contributed by atoms with Crippen LogP contribution < -0.4 is 0 Å². The van der Waals surface area contributed by atoms with Crippen LogP contribution in [0.5, 0.6) is 0 Å². The van der Waals surface area contributed by atoms with Gasteiger partial charge in [-0.15, -0.1) is 0 Å². The molecule has 0 saturated carbocycles. The fraction of sp³-hybridized carbons (Fsp3) is 0.545. The van der Waals surface area contributed by atoms with Crippen molar-refractivity contribution in [3.8, 4) is 0 Å². The molecule has 1 aliphatic rings. The highest BCUT2D eigenvalue weighted by molar-refractivity contribution is 9.10. The van der Waals surface area contributed by atoms with Crippen LogP contribution in [0.25, 0.3) is 0 Å². The summed E-state index contributed by atoms with van der Waals surface area (Å²) in [6.07, 6.45) is 4.40. The van der Waals surface area contributed by atoms with Gasteiger partial charge in [-0.2, -0.15) is 0 Å². The lowest BCUT2D eigenvalue weighted by atomic mass is 10.1. The Balaban J connectivity index is 2.26. The highest BCUT2D eigenvalue weighted by Crippen LogP contribution is 2.34. The zero-order chi connectivity index (χ0) is 9.97. The second-order valence-corrected chi connectivity index (χ2v) is 4.42. The summed E-state index contributed by atoms with van der Waals surface area (Å²) in [7, 11) is 0. The second-order valence-electron chi connectivity index (χ2n) is 3.67. The van der Waals surface area contributed by atoms with Crippen LogP contribution in [-0.2, 0) is 0 Å². The van der Waals surface area contributed by atoms with Crippen molar-refractivity contribution in [1.29, 1.82) is 0 Å². The van der Waals surface area contributed by atoms with E-state index < -0.39 is 0 Å². The molecule has 0 radical (unpaired) electrons. The van der Waals surface area contributed by atoms with Crippen LogP contribution >= 0.6 is 15.9 Å². The first kappa shape index (κ1) is 10.1. The lowest BCUT2D eigenvalue weighted by Gasteiger charge is -2.23. The van der Waals surface area contributed by atoms with Gasteiger partial charge in [-0.25, -0.2) is 4.98 Å². The smallest absolute Gasteiger partial charge is 0.110 e. The molecule has 14 heavy (non-hydrogen) atoms. The first-order valence-electron chi connectivity index (χ1n) is 5.17. The quantitative estimate of drug-likeness (QED) is 0.755. The zero-order valence-corrected chi connectivity index (χ0v) is 10.00. The molecular weight excluding hydrogens is 240 g/mol. The molecule has 1 aromatic heterocycles. The number of nitrogens with zero attached hydrogens (tertiary/aromatic N) is 2. The summed E-state index contributed by atoms with van der Waals surface area (Å²) in [6, 6.07) is 4.77. The van der Waals surface area contributed by atoms with Crippen LogP contribution in [-0.4, -0.2) is 23.0 Å². The van der Waals surface area contributed by atoms with Crippen molar-refractivity contribution in [3.05, 3.63) is 28.5 Å². The monoisotopic (exact) mass is 254 g/mol. The summed E-state index contributed by atoms with van der Waals surface area (Å²) in [4.78, 5) is 6.80. The molecule has 1 atom stereocenters. The van der Waals surface area contributed by atoms with Crippen molar-refractivity contribution in [1.82, 2.24) is 9.88 Å². The number of aromatic nitrogens is 1. The topological polar surface area (TPSA) is 16.1 Å². The van der Waals surface area contributed by atoms with E-state index in [0.29, 0.717) is 6.04 Å². The van der Waals surface area contributed by atoms with E-state index in [0.717, 1.165) is 11.1 Å². The van der Waals surface area contributed by atoms with Crippen molar-refractivity contribution in [2.24, 2.45) is 0 Å². The first-order valence-corrected chi connectivity index (χ1v) is 5.96. The van der Waals surface area contributed by atoms with Crippen LogP contribution in [0.4, 0.5) is 0 Å². The molecular formula is C11H15BrN2. The third-order valence-electron chi connectivity index (χ3n) is 2.92. The molecule has 76 valence electrons. The van der Waals surface area contributed by atoms with Crippen molar-refractivity contribution < 1.29 is 0 Å². The highest BCUT2D eigenvalue weighted by atomic mass is 79.9. The molecule has 3 heteroatoms. The van der Waals surface area contributed by atoms with Crippen molar-refractivity contribution in [3.63, 3.8) is 0 Å². The number of likely N-dealkylation sites (tertiary alicyclic amines) is 1. The van der Waals surface area contributed by atoms with Gasteiger partial charge in [0.15, 0.2) is 0 Å². The third-order valence-corrected chi connectivity index (χ3v) is 3.58. The fourth-order valence-corrected chi connectivity index (χ4v) is 2.72. The minimum Gasteiger partial charge on any atom is -0.297 e. The molecule has 2 nitrogen and oxygen atoms in total. The van der Waals surface area contributed by atoms with Crippen LogP contribution in [0.1, 0.15) is 31.4 Å². The third kappa shape index (κ3) is 1.84. The van der Waals surface area contributed by atoms with Crippen LogP contribution in [0.15, 0.2) is 22.9 Å². The molecule has 2 heterocycles. The molecule has 1 fully saturated rings. The van der Waals surface area contributed by atoms with Gasteiger partial charge in [-0.05, 0) is 47.9 Å². The summed E-state index contributed by atoms with van der Waals surface area (Å²) in [5, 5.41) is 0. The lowest BCUT2D eigenvalue weighted by Crippen LogP contribution is -2.22. The fourth-order valence-electron chi connectivity index (χ4n) is 2.20. The standard InChI is InChI=1S/C11H15BrN2/c1-2-14-8-4-6-10(14)9-5-3-7-13-11(9)12/h3,5,7,10H,2,4,6,8H2,1H3. The van der Waals surface area contributed by atoms with Crippen LogP contribution in [0.3, 0.4) is 0 Å². The summed E-state index contributed by atoms with van der Waals surface area (Å²) < 4.78 is 1.00. The van der Waals surface area contributed by atoms with Crippen molar-refractivity contribution in [2.45, 2.75) is 25.8 Å². The van der Waals surface area contributed by atoms with Gasteiger partial charge in [-0.1, -0.05) is 13.0 Å². The van der Waals surface area contributed by atoms with E-state index >= 15 is 0 Å². The minimum absolute atomic E-state index is 0.572. The number of halogens is 1. The Kier molecular flexibility index (Phi) is 3.19. The Morgan fingerprint density at radius 1 is 1.64 bits per heavy atom. The predicted octanol–water partition coefficient (Wildman–Crippen LogP) is 3.00. The highest BCUT2D eigenvalue weighted by Gasteiger charge is 2.25. The van der Waals surface area contributed by atoms with E-state index in [1.807, 2.05) is 12.3 Å². The molecule has 0 bridgehead atoms. The predicted molar refractivity (Wildman–Crippen MR) is 61.2 cm³/mol. The minimum atomic E-state index is 0.572. The van der Waals surface area contributed by atoms with E-state index in [4.69, 9.17) is 0 Å². The summed E-state index contributed by atoms with van der Waals surface area (Å²) in [5.41, 5.74) is 1.34. The Bertz CT molecular complexity index is 314. The second kappa shape index (κ2) is 4.41. The molecule has 1 aliphatic heterocycles. The van der Waals surface area contributed by atoms with Gasteiger partial charge in [0.25, 0.3) is 0 Å². The van der Waals surface area contributed by atoms with E-state index in [1.165, 1.54) is 24.9 Å². The number of rotatable bonds is 2. The maximum absolute atomic E-state index is 4.28. The Morgan fingerprint density at radius 2 is 2.50 bits per heavy atom. The lowest BCUT2D eigenvalue weighted by molar-refractivity contribution is 0.270. The summed E-state index contributed by atoms with van der Waals surface area (Å²) >= 11 is 3.53. The van der Waals surface area contributed by atoms with Gasteiger partial charge in [0.2, 0.25) is 0 Å². The van der Waals surface area contributed by atoms with Crippen molar-refractivity contribution in [2.75, 3.05) is 13.1 Å². The van der Waals surface area contributed by atoms with Gasteiger partial charge in [0.1, 0.15) is 4.60 Å². The Hall–Kier alpha value is -0.410. The first-order chi connectivity index (χ1) is 6.83. The van der Waals surface area contributed by atoms with Gasteiger partial charge in [0, 0.05) is 17.8 Å². The molecule has 0 aromatic carbocycles. The summed E-state index contributed by atoms with van der Waals surface area (Å²) in [6.45, 7) is 4.58. The maximum atomic E-state index is 4.28. The summed E-state index contributed by atoms with van der Waals surface area (Å²) in [5.74, 6) is 0. The Labute approximate surface area is 93.5 Å². The van der Waals surface area contributed by atoms with E-state index in [1.54, 1.807) is 0 Å². The molecule has 1 aromatic rings. The SMILES string of the molecule is CCN1CCCC1c1cccnc1Br. The molecule has 0 spiro atoms. The maximum Gasteiger partial charge on any atom is 0.110 e. The van der Waals surface area contributed by atoms with Gasteiger partial charge >= 0.3 is 0 Å². The van der Waals surface area contributed by atoms with Gasteiger partial charge in [0.05, 0.1) is 0 Å². The Morgan fingerprint density at radius 3 is 3.21 bits per heavy atom. The average Bonchev–Trinajstić information content (AvgIpc) is 2.66. The van der Waals surface area contributed by atoms with E-state index in [2.05, 4.69) is 38.8 Å². The molecule has 0 aliphatic carbocycles. The molecule has 0 N–H and O–H groups in total. The number of hydrogen-bond donors (Lipinski definition) is 0. The van der Waals surface area contributed by atoms with Crippen LogP contribution in [0, 0.1) is 0 Å². The van der Waals surface area contributed by atoms with Gasteiger partial charge < -0.3 is 0 Å². The molecule has 2 rings (SSSR count). The average molecular weight is 255 g/mol. The largest absolute Gasteiger partial charge is 0.297 e. The molecule has 0 amide bonds. The molecule has 1 saturated heterocycles. The van der Waals surface area contributed by atoms with Crippen LogP contribution in [0.2, 0.25) is 0 Å². The van der Waals surface area contributed by atoms with E-state index in [9.17, 15) is 0 Å². The molecule has 1 unspecified atom stereocenters.